The number of thioether (sulfide) groups is 1. The quantitative estimate of drug-likeness (QED) is 0.786. The first-order chi connectivity index (χ1) is 7.19. The Kier molecular flexibility index (Phi) is 4.44. The first kappa shape index (κ1) is 11.9. The zero-order chi connectivity index (χ0) is 11.3. The molecule has 0 aliphatic heterocycles. The normalized spacial score (nSPS) is 9.73. The first-order valence-corrected chi connectivity index (χ1v) is 5.98. The van der Waals surface area contributed by atoms with Crippen LogP contribution in [0.15, 0.2) is 18.2 Å². The Morgan fingerprint density at radius 1 is 1.53 bits per heavy atom. The van der Waals surface area contributed by atoms with Gasteiger partial charge in [-0.1, -0.05) is 0 Å². The molecule has 0 aliphatic rings. The summed E-state index contributed by atoms with van der Waals surface area (Å²) in [5.74, 6) is 0.545. The molecule has 1 rings (SSSR count). The number of hydrogen-bond donors (Lipinski definition) is 0. The van der Waals surface area contributed by atoms with E-state index in [2.05, 4.69) is 0 Å². The van der Waals surface area contributed by atoms with Gasteiger partial charge in [0.25, 0.3) is 0 Å². The third kappa shape index (κ3) is 3.14. The van der Waals surface area contributed by atoms with Crippen molar-refractivity contribution in [1.82, 2.24) is 0 Å². The van der Waals surface area contributed by atoms with E-state index in [4.69, 9.17) is 5.26 Å². The van der Waals surface area contributed by atoms with Gasteiger partial charge in [-0.05, 0) is 24.5 Å². The molecule has 0 saturated carbocycles. The maximum absolute atomic E-state index is 13.3. The van der Waals surface area contributed by atoms with Gasteiger partial charge < -0.3 is 4.90 Å². The van der Waals surface area contributed by atoms with Crippen LogP contribution in [0, 0.1) is 17.1 Å². The molecule has 2 nitrogen and oxygen atoms in total. The molecule has 1 aromatic rings. The van der Waals surface area contributed by atoms with E-state index in [1.165, 1.54) is 12.1 Å². The Bertz CT molecular complexity index is 373. The van der Waals surface area contributed by atoms with Crippen LogP contribution >= 0.6 is 11.8 Å². The molecule has 0 amide bonds. The van der Waals surface area contributed by atoms with E-state index < -0.39 is 5.82 Å². The third-order valence-electron chi connectivity index (χ3n) is 2.14. The van der Waals surface area contributed by atoms with Gasteiger partial charge in [-0.3, -0.25) is 0 Å². The fourth-order valence-corrected chi connectivity index (χ4v) is 1.65. The average Bonchev–Trinajstić information content (AvgIpc) is 2.25. The molecule has 0 aliphatic carbocycles. The van der Waals surface area contributed by atoms with Crippen LogP contribution in [0.2, 0.25) is 0 Å². The summed E-state index contributed by atoms with van der Waals surface area (Å²) < 4.78 is 13.3. The number of anilines is 1. The van der Waals surface area contributed by atoms with E-state index >= 15 is 0 Å². The van der Waals surface area contributed by atoms with Gasteiger partial charge in [0, 0.05) is 25.0 Å². The van der Waals surface area contributed by atoms with Gasteiger partial charge in [-0.2, -0.15) is 17.0 Å². The Morgan fingerprint density at radius 2 is 2.27 bits per heavy atom. The van der Waals surface area contributed by atoms with Crippen LogP contribution in [0.25, 0.3) is 0 Å². The molecular formula is C11H13FN2S. The molecule has 0 heterocycles. The summed E-state index contributed by atoms with van der Waals surface area (Å²) in [6.07, 6.45) is 2.03. The Balaban J connectivity index is 2.79. The summed E-state index contributed by atoms with van der Waals surface area (Å²) in [4.78, 5) is 1.97. The van der Waals surface area contributed by atoms with E-state index in [1.54, 1.807) is 23.9 Å². The number of benzene rings is 1. The fraction of sp³-hybridized carbons (Fsp3) is 0.364. The zero-order valence-corrected chi connectivity index (χ0v) is 9.64. The lowest BCUT2D eigenvalue weighted by Crippen LogP contribution is -2.20. The van der Waals surface area contributed by atoms with Crippen molar-refractivity contribution in [3.8, 4) is 6.07 Å². The van der Waals surface area contributed by atoms with Crippen LogP contribution in [-0.4, -0.2) is 25.6 Å². The predicted octanol–water partition coefficient (Wildman–Crippen LogP) is 2.50. The van der Waals surface area contributed by atoms with Crippen molar-refractivity contribution in [2.24, 2.45) is 0 Å². The molecule has 0 N–H and O–H groups in total. The predicted molar refractivity (Wildman–Crippen MR) is 62.8 cm³/mol. The highest BCUT2D eigenvalue weighted by Gasteiger charge is 2.05. The van der Waals surface area contributed by atoms with E-state index in [0.717, 1.165) is 18.0 Å². The maximum Gasteiger partial charge on any atom is 0.143 e. The molecule has 80 valence electrons. The summed E-state index contributed by atoms with van der Waals surface area (Å²) in [5.41, 5.74) is 0.901. The molecule has 0 spiro atoms. The minimum atomic E-state index is -0.453. The van der Waals surface area contributed by atoms with E-state index in [-0.39, 0.29) is 5.56 Å². The summed E-state index contributed by atoms with van der Waals surface area (Å²) in [7, 11) is 1.91. The van der Waals surface area contributed by atoms with Gasteiger partial charge in [0.15, 0.2) is 0 Å². The second-order valence-corrected chi connectivity index (χ2v) is 4.18. The summed E-state index contributed by atoms with van der Waals surface area (Å²) in [6, 6.07) is 6.49. The number of hydrogen-bond acceptors (Lipinski definition) is 3. The highest BCUT2D eigenvalue weighted by molar-refractivity contribution is 7.98. The second kappa shape index (κ2) is 5.62. The van der Waals surface area contributed by atoms with Crippen molar-refractivity contribution in [3.63, 3.8) is 0 Å². The molecule has 0 aromatic heterocycles. The van der Waals surface area contributed by atoms with Gasteiger partial charge in [-0.25, -0.2) is 4.39 Å². The van der Waals surface area contributed by atoms with Gasteiger partial charge in [0.2, 0.25) is 0 Å². The van der Waals surface area contributed by atoms with Gasteiger partial charge in [-0.15, -0.1) is 0 Å². The van der Waals surface area contributed by atoms with Crippen LogP contribution in [-0.2, 0) is 0 Å². The number of nitrogens with zero attached hydrogens (tertiary/aromatic N) is 2. The topological polar surface area (TPSA) is 27.0 Å². The Morgan fingerprint density at radius 3 is 2.80 bits per heavy atom. The highest BCUT2D eigenvalue weighted by Crippen LogP contribution is 2.17. The molecule has 15 heavy (non-hydrogen) atoms. The van der Waals surface area contributed by atoms with Crippen molar-refractivity contribution in [2.45, 2.75) is 0 Å². The summed E-state index contributed by atoms with van der Waals surface area (Å²) in [5, 5.41) is 8.58. The maximum atomic E-state index is 13.3. The fourth-order valence-electron chi connectivity index (χ4n) is 1.19. The van der Waals surface area contributed by atoms with Gasteiger partial charge >= 0.3 is 0 Å². The van der Waals surface area contributed by atoms with Crippen molar-refractivity contribution in [1.29, 1.82) is 5.26 Å². The molecule has 0 radical (unpaired) electrons. The smallest absolute Gasteiger partial charge is 0.143 e. The van der Waals surface area contributed by atoms with E-state index in [0.29, 0.717) is 0 Å². The molecule has 0 bridgehead atoms. The van der Waals surface area contributed by atoms with Crippen LogP contribution < -0.4 is 4.90 Å². The molecule has 0 saturated heterocycles. The van der Waals surface area contributed by atoms with E-state index in [9.17, 15) is 4.39 Å². The summed E-state index contributed by atoms with van der Waals surface area (Å²) in [6.45, 7) is 0.868. The molecule has 1 aromatic carbocycles. The standard InChI is InChI=1S/C11H13FN2S/c1-14(5-6-15-2)10-4-3-9(8-13)11(12)7-10/h3-4,7H,5-6H2,1-2H3. The highest BCUT2D eigenvalue weighted by atomic mass is 32.2. The Labute approximate surface area is 93.7 Å². The number of rotatable bonds is 4. The number of halogens is 1. The first-order valence-electron chi connectivity index (χ1n) is 4.58. The molecular weight excluding hydrogens is 211 g/mol. The van der Waals surface area contributed by atoms with E-state index in [1.807, 2.05) is 18.2 Å². The lowest BCUT2D eigenvalue weighted by molar-refractivity contribution is 0.623. The average molecular weight is 224 g/mol. The van der Waals surface area contributed by atoms with Crippen molar-refractivity contribution in [2.75, 3.05) is 30.5 Å². The van der Waals surface area contributed by atoms with Crippen LogP contribution in [0.5, 0.6) is 0 Å². The Hall–Kier alpha value is -1.21. The van der Waals surface area contributed by atoms with Gasteiger partial charge in [0.05, 0.1) is 5.56 Å². The van der Waals surface area contributed by atoms with Crippen LogP contribution in [0.3, 0.4) is 0 Å². The number of nitriles is 1. The molecule has 0 atom stereocenters. The zero-order valence-electron chi connectivity index (χ0n) is 8.83. The lowest BCUT2D eigenvalue weighted by Gasteiger charge is -2.18. The monoisotopic (exact) mass is 224 g/mol. The van der Waals surface area contributed by atoms with Crippen molar-refractivity contribution in [3.05, 3.63) is 29.6 Å². The lowest BCUT2D eigenvalue weighted by atomic mass is 10.2. The third-order valence-corrected chi connectivity index (χ3v) is 2.74. The van der Waals surface area contributed by atoms with Crippen molar-refractivity contribution < 1.29 is 4.39 Å². The largest absolute Gasteiger partial charge is 0.374 e. The van der Waals surface area contributed by atoms with Crippen LogP contribution in [0.4, 0.5) is 10.1 Å². The molecule has 0 unspecified atom stereocenters. The molecule has 4 heteroatoms. The van der Waals surface area contributed by atoms with Crippen molar-refractivity contribution >= 4 is 17.4 Å². The minimum Gasteiger partial charge on any atom is -0.374 e. The summed E-state index contributed by atoms with van der Waals surface area (Å²) >= 11 is 1.75. The SMILES string of the molecule is CSCCN(C)c1ccc(C#N)c(F)c1. The van der Waals surface area contributed by atoms with Crippen LogP contribution in [0.1, 0.15) is 5.56 Å². The second-order valence-electron chi connectivity index (χ2n) is 3.19. The van der Waals surface area contributed by atoms with Gasteiger partial charge in [0.1, 0.15) is 11.9 Å². The molecule has 0 fully saturated rings. The minimum absolute atomic E-state index is 0.0945.